The zero-order valence-electron chi connectivity index (χ0n) is 14.4. The van der Waals surface area contributed by atoms with Crippen molar-refractivity contribution in [2.24, 2.45) is 0 Å². The largest absolute Gasteiger partial charge is 0.508 e. The van der Waals surface area contributed by atoms with E-state index in [0.717, 1.165) is 33.6 Å². The van der Waals surface area contributed by atoms with Crippen molar-refractivity contribution >= 4 is 21.4 Å². The molecule has 3 aromatic rings. The Kier molecular flexibility index (Phi) is 5.46. The molecule has 0 spiro atoms. The second-order valence-electron chi connectivity index (χ2n) is 5.91. The molecule has 1 aromatic heterocycles. The van der Waals surface area contributed by atoms with Crippen molar-refractivity contribution in [3.8, 4) is 23.0 Å². The predicted molar refractivity (Wildman–Crippen MR) is 101 cm³/mol. The summed E-state index contributed by atoms with van der Waals surface area (Å²) in [5, 5.41) is 21.2. The first kappa shape index (κ1) is 17.6. The van der Waals surface area contributed by atoms with Gasteiger partial charge in [-0.1, -0.05) is 25.8 Å². The van der Waals surface area contributed by atoms with Gasteiger partial charge in [0.2, 0.25) is 0 Å². The Labute approximate surface area is 151 Å². The minimum Gasteiger partial charge on any atom is -0.508 e. The number of aromatic hydroxyl groups is 1. The quantitative estimate of drug-likeness (QED) is 0.574. The van der Waals surface area contributed by atoms with Crippen molar-refractivity contribution in [3.05, 3.63) is 47.3 Å². The minimum atomic E-state index is -0.573. The molecular formula is C20H22O4S. The van der Waals surface area contributed by atoms with E-state index in [1.165, 1.54) is 11.3 Å². The molecule has 2 N–H and O–H groups in total. The lowest BCUT2D eigenvalue weighted by Gasteiger charge is -2.12. The molecule has 0 amide bonds. The van der Waals surface area contributed by atoms with E-state index in [2.05, 4.69) is 6.92 Å². The van der Waals surface area contributed by atoms with Crippen molar-refractivity contribution in [2.75, 3.05) is 7.11 Å². The standard InChI is InChI=1S/C20H22O4S/c1-3-4-8-17(22)20-19(24-15-7-5-6-13(21)11-15)16-10-9-14(23-2)12-18(16)25-20/h5-7,9-12,17,21-22H,3-4,8H2,1-2H3. The molecule has 25 heavy (non-hydrogen) atoms. The smallest absolute Gasteiger partial charge is 0.151 e. The lowest BCUT2D eigenvalue weighted by Crippen LogP contribution is -1.97. The first-order valence-electron chi connectivity index (χ1n) is 8.37. The Morgan fingerprint density at radius 2 is 1.96 bits per heavy atom. The maximum atomic E-state index is 10.6. The topological polar surface area (TPSA) is 58.9 Å². The van der Waals surface area contributed by atoms with Gasteiger partial charge in [-0.15, -0.1) is 11.3 Å². The first-order valence-corrected chi connectivity index (χ1v) is 9.19. The van der Waals surface area contributed by atoms with Gasteiger partial charge in [0.05, 0.1) is 18.1 Å². The van der Waals surface area contributed by atoms with Crippen LogP contribution in [0.5, 0.6) is 23.0 Å². The molecular weight excluding hydrogens is 336 g/mol. The summed E-state index contributed by atoms with van der Waals surface area (Å²) in [5.41, 5.74) is 0. The molecule has 5 heteroatoms. The van der Waals surface area contributed by atoms with E-state index in [4.69, 9.17) is 9.47 Å². The molecule has 0 radical (unpaired) electrons. The first-order chi connectivity index (χ1) is 12.1. The van der Waals surface area contributed by atoms with Crippen LogP contribution in [-0.4, -0.2) is 17.3 Å². The third kappa shape index (κ3) is 3.89. The van der Waals surface area contributed by atoms with Crippen LogP contribution >= 0.6 is 11.3 Å². The number of methoxy groups -OCH3 is 1. The van der Waals surface area contributed by atoms with Crippen molar-refractivity contribution in [2.45, 2.75) is 32.3 Å². The molecule has 0 saturated carbocycles. The number of aliphatic hydroxyl groups is 1. The Hall–Kier alpha value is -2.24. The zero-order chi connectivity index (χ0) is 17.8. The minimum absolute atomic E-state index is 0.145. The number of fused-ring (bicyclic) bond motifs is 1. The Morgan fingerprint density at radius 1 is 1.12 bits per heavy atom. The van der Waals surface area contributed by atoms with Crippen LogP contribution in [-0.2, 0) is 0 Å². The van der Waals surface area contributed by atoms with Crippen LogP contribution in [0.3, 0.4) is 0 Å². The van der Waals surface area contributed by atoms with Gasteiger partial charge in [0.25, 0.3) is 0 Å². The monoisotopic (exact) mass is 358 g/mol. The highest BCUT2D eigenvalue weighted by molar-refractivity contribution is 7.19. The van der Waals surface area contributed by atoms with Gasteiger partial charge in [-0.25, -0.2) is 0 Å². The molecule has 0 saturated heterocycles. The van der Waals surface area contributed by atoms with Crippen molar-refractivity contribution in [3.63, 3.8) is 0 Å². The summed E-state index contributed by atoms with van der Waals surface area (Å²) >= 11 is 1.52. The maximum Gasteiger partial charge on any atom is 0.151 e. The summed E-state index contributed by atoms with van der Waals surface area (Å²) in [6, 6.07) is 12.5. The molecule has 4 nitrogen and oxygen atoms in total. The fourth-order valence-electron chi connectivity index (χ4n) is 2.72. The van der Waals surface area contributed by atoms with Crippen LogP contribution in [0.15, 0.2) is 42.5 Å². The predicted octanol–water partition coefficient (Wildman–Crippen LogP) is 5.63. The molecule has 132 valence electrons. The summed E-state index contributed by atoms with van der Waals surface area (Å²) in [6.45, 7) is 2.10. The van der Waals surface area contributed by atoms with Gasteiger partial charge in [-0.3, -0.25) is 0 Å². The highest BCUT2D eigenvalue weighted by Gasteiger charge is 2.21. The van der Waals surface area contributed by atoms with Gasteiger partial charge in [-0.05, 0) is 36.8 Å². The Balaban J connectivity index is 2.05. The van der Waals surface area contributed by atoms with Gasteiger partial charge < -0.3 is 19.7 Å². The van der Waals surface area contributed by atoms with Crippen molar-refractivity contribution < 1.29 is 19.7 Å². The van der Waals surface area contributed by atoms with Gasteiger partial charge in [-0.2, -0.15) is 0 Å². The SMILES string of the molecule is CCCCC(O)c1sc2cc(OC)ccc2c1Oc1cccc(O)c1. The van der Waals surface area contributed by atoms with E-state index in [1.54, 1.807) is 31.4 Å². The van der Waals surface area contributed by atoms with Gasteiger partial charge in [0.15, 0.2) is 5.75 Å². The molecule has 2 aromatic carbocycles. The van der Waals surface area contributed by atoms with Crippen LogP contribution in [0, 0.1) is 0 Å². The average Bonchev–Trinajstić information content (AvgIpc) is 2.97. The van der Waals surface area contributed by atoms with Gasteiger partial charge in [0, 0.05) is 16.2 Å². The number of hydrogen-bond donors (Lipinski definition) is 2. The molecule has 0 aliphatic heterocycles. The summed E-state index contributed by atoms with van der Waals surface area (Å²) in [6.07, 6.45) is 2.09. The number of hydrogen-bond acceptors (Lipinski definition) is 5. The van der Waals surface area contributed by atoms with Gasteiger partial charge in [0.1, 0.15) is 17.2 Å². The summed E-state index contributed by atoms with van der Waals surface area (Å²) < 4.78 is 12.4. The van der Waals surface area contributed by atoms with Crippen LogP contribution in [0.4, 0.5) is 0 Å². The molecule has 0 fully saturated rings. The highest BCUT2D eigenvalue weighted by atomic mass is 32.1. The average molecular weight is 358 g/mol. The van der Waals surface area contributed by atoms with Crippen LogP contribution < -0.4 is 9.47 Å². The van der Waals surface area contributed by atoms with Crippen LogP contribution in [0.2, 0.25) is 0 Å². The fourth-order valence-corrected chi connectivity index (χ4v) is 3.90. The number of thiophene rings is 1. The van der Waals surface area contributed by atoms with E-state index in [0.29, 0.717) is 17.9 Å². The van der Waals surface area contributed by atoms with E-state index < -0.39 is 6.10 Å². The normalized spacial score (nSPS) is 12.3. The number of unbranched alkanes of at least 4 members (excludes halogenated alkanes) is 1. The number of ether oxygens (including phenoxy) is 2. The second-order valence-corrected chi connectivity index (χ2v) is 7.00. The molecule has 0 aliphatic carbocycles. The Bertz CT molecular complexity index is 856. The molecule has 0 bridgehead atoms. The van der Waals surface area contributed by atoms with E-state index in [9.17, 15) is 10.2 Å². The summed E-state index contributed by atoms with van der Waals surface area (Å²) in [4.78, 5) is 0.806. The number of aliphatic hydroxyl groups excluding tert-OH is 1. The second kappa shape index (κ2) is 7.76. The number of phenols is 1. The van der Waals surface area contributed by atoms with Crippen molar-refractivity contribution in [1.82, 2.24) is 0 Å². The van der Waals surface area contributed by atoms with E-state index >= 15 is 0 Å². The van der Waals surface area contributed by atoms with Crippen LogP contribution in [0.25, 0.3) is 10.1 Å². The third-order valence-electron chi connectivity index (χ3n) is 4.05. The summed E-state index contributed by atoms with van der Waals surface area (Å²) in [7, 11) is 1.63. The lowest BCUT2D eigenvalue weighted by atomic mass is 10.1. The molecule has 1 unspecified atom stereocenters. The third-order valence-corrected chi connectivity index (χ3v) is 5.28. The summed E-state index contributed by atoms with van der Waals surface area (Å²) in [5.74, 6) is 2.11. The maximum absolute atomic E-state index is 10.6. The molecule has 1 heterocycles. The zero-order valence-corrected chi connectivity index (χ0v) is 15.2. The number of rotatable bonds is 7. The van der Waals surface area contributed by atoms with Gasteiger partial charge >= 0.3 is 0 Å². The fraction of sp³-hybridized carbons (Fsp3) is 0.300. The van der Waals surface area contributed by atoms with Crippen molar-refractivity contribution in [1.29, 1.82) is 0 Å². The lowest BCUT2D eigenvalue weighted by molar-refractivity contribution is 0.165. The van der Waals surface area contributed by atoms with E-state index in [1.807, 2.05) is 18.2 Å². The Morgan fingerprint density at radius 3 is 2.68 bits per heavy atom. The molecule has 1 atom stereocenters. The number of benzene rings is 2. The molecule has 3 rings (SSSR count). The van der Waals surface area contributed by atoms with Crippen LogP contribution in [0.1, 0.15) is 37.2 Å². The van der Waals surface area contributed by atoms with E-state index in [-0.39, 0.29) is 5.75 Å². The molecule has 0 aliphatic rings. The highest BCUT2D eigenvalue weighted by Crippen LogP contribution is 2.45. The number of phenolic OH excluding ortho intramolecular Hbond substituents is 1.